The van der Waals surface area contributed by atoms with Gasteiger partial charge < -0.3 is 14.4 Å². The molecule has 3 aliphatic rings. The first-order chi connectivity index (χ1) is 11.2. The summed E-state index contributed by atoms with van der Waals surface area (Å²) in [6.45, 7) is 2.05. The average molecular weight is 319 g/mol. The van der Waals surface area contributed by atoms with Gasteiger partial charge in [-0.15, -0.1) is 0 Å². The second-order valence-electron chi connectivity index (χ2n) is 6.77. The molecule has 1 amide bonds. The van der Waals surface area contributed by atoms with E-state index in [2.05, 4.69) is 0 Å². The molecule has 23 heavy (non-hydrogen) atoms. The van der Waals surface area contributed by atoms with Crippen molar-refractivity contribution in [3.63, 3.8) is 0 Å². The zero-order valence-electron chi connectivity index (χ0n) is 13.1. The van der Waals surface area contributed by atoms with Gasteiger partial charge in [-0.25, -0.2) is 4.39 Å². The second kappa shape index (κ2) is 6.21. The maximum Gasteiger partial charge on any atom is 0.257 e. The van der Waals surface area contributed by atoms with Crippen LogP contribution in [-0.4, -0.2) is 48.8 Å². The highest BCUT2D eigenvalue weighted by Gasteiger charge is 2.45. The molecule has 3 atom stereocenters. The van der Waals surface area contributed by atoms with Crippen LogP contribution in [0.2, 0.25) is 0 Å². The summed E-state index contributed by atoms with van der Waals surface area (Å²) in [5.74, 6) is 0.0252. The van der Waals surface area contributed by atoms with Crippen LogP contribution < -0.4 is 0 Å². The lowest BCUT2D eigenvalue weighted by Gasteiger charge is -2.41. The number of hydrogen-bond donors (Lipinski definition) is 0. The summed E-state index contributed by atoms with van der Waals surface area (Å²) >= 11 is 0. The molecule has 0 N–H and O–H groups in total. The first kappa shape index (κ1) is 15.1. The van der Waals surface area contributed by atoms with Gasteiger partial charge in [-0.1, -0.05) is 12.1 Å². The van der Waals surface area contributed by atoms with Crippen molar-refractivity contribution in [1.82, 2.24) is 4.90 Å². The highest BCUT2D eigenvalue weighted by atomic mass is 19.1. The normalized spacial score (nSPS) is 30.3. The highest BCUT2D eigenvalue weighted by Crippen LogP contribution is 2.34. The molecule has 0 radical (unpaired) electrons. The van der Waals surface area contributed by atoms with E-state index < -0.39 is 5.82 Å². The van der Waals surface area contributed by atoms with Gasteiger partial charge in [0.05, 0.1) is 17.7 Å². The summed E-state index contributed by atoms with van der Waals surface area (Å²) in [4.78, 5) is 14.5. The maximum absolute atomic E-state index is 13.9. The molecule has 2 heterocycles. The fourth-order valence-electron chi connectivity index (χ4n) is 3.65. The minimum atomic E-state index is -0.458. The van der Waals surface area contributed by atoms with E-state index in [0.717, 1.165) is 19.4 Å². The van der Waals surface area contributed by atoms with Crippen LogP contribution in [0.5, 0.6) is 0 Å². The average Bonchev–Trinajstić information content (AvgIpc) is 3.26. The van der Waals surface area contributed by atoms with E-state index in [0.29, 0.717) is 19.1 Å². The molecule has 1 aromatic rings. The van der Waals surface area contributed by atoms with Crippen LogP contribution in [-0.2, 0) is 9.47 Å². The number of benzene rings is 1. The Labute approximate surface area is 135 Å². The Bertz CT molecular complexity index is 589. The van der Waals surface area contributed by atoms with Crippen LogP contribution >= 0.6 is 0 Å². The van der Waals surface area contributed by atoms with Gasteiger partial charge >= 0.3 is 0 Å². The van der Waals surface area contributed by atoms with E-state index >= 15 is 0 Å². The van der Waals surface area contributed by atoms with Gasteiger partial charge in [-0.05, 0) is 43.7 Å². The van der Waals surface area contributed by atoms with Crippen LogP contribution in [0.3, 0.4) is 0 Å². The van der Waals surface area contributed by atoms with Gasteiger partial charge in [-0.3, -0.25) is 4.79 Å². The summed E-state index contributed by atoms with van der Waals surface area (Å²) in [5, 5.41) is 0. The molecule has 5 heteroatoms. The molecule has 124 valence electrons. The van der Waals surface area contributed by atoms with E-state index in [1.54, 1.807) is 23.1 Å². The van der Waals surface area contributed by atoms with E-state index in [1.807, 2.05) is 0 Å². The van der Waals surface area contributed by atoms with Crippen LogP contribution in [0.15, 0.2) is 24.3 Å². The smallest absolute Gasteiger partial charge is 0.257 e. The summed E-state index contributed by atoms with van der Waals surface area (Å²) in [7, 11) is 0. The van der Waals surface area contributed by atoms with Gasteiger partial charge in [0.25, 0.3) is 5.91 Å². The van der Waals surface area contributed by atoms with Crippen molar-refractivity contribution in [3.8, 4) is 0 Å². The molecule has 2 aliphatic heterocycles. The number of likely N-dealkylation sites (tertiary alicyclic amines) is 1. The van der Waals surface area contributed by atoms with Crippen LogP contribution in [0.4, 0.5) is 4.39 Å². The minimum Gasteiger partial charge on any atom is -0.375 e. The lowest BCUT2D eigenvalue weighted by molar-refractivity contribution is -0.0937. The predicted octanol–water partition coefficient (Wildman–Crippen LogP) is 2.62. The van der Waals surface area contributed by atoms with Gasteiger partial charge in [0.15, 0.2) is 0 Å². The molecule has 3 fully saturated rings. The number of carbonyl (C=O) groups excluding carboxylic acids is 1. The largest absolute Gasteiger partial charge is 0.375 e. The fraction of sp³-hybridized carbons (Fsp3) is 0.611. The summed E-state index contributed by atoms with van der Waals surface area (Å²) in [5.41, 5.74) is 0.149. The summed E-state index contributed by atoms with van der Waals surface area (Å²) < 4.78 is 25.8. The Balaban J connectivity index is 1.48. The number of piperidine rings is 1. The van der Waals surface area contributed by atoms with Crippen molar-refractivity contribution < 1.29 is 18.7 Å². The molecular formula is C18H22FNO3. The van der Waals surface area contributed by atoms with E-state index in [1.165, 1.54) is 18.9 Å². The zero-order chi connectivity index (χ0) is 15.8. The van der Waals surface area contributed by atoms with E-state index in [4.69, 9.17) is 9.47 Å². The Morgan fingerprint density at radius 3 is 2.87 bits per heavy atom. The number of carbonyl (C=O) groups is 1. The SMILES string of the molecule is O=C(c1ccccc1F)N1CC[C@@H](OCC2CC2)[C@H]2OCC[C@@H]21. The molecule has 0 bridgehead atoms. The van der Waals surface area contributed by atoms with Crippen LogP contribution in [0.25, 0.3) is 0 Å². The molecular weight excluding hydrogens is 297 g/mol. The second-order valence-corrected chi connectivity index (χ2v) is 6.77. The Morgan fingerprint density at radius 2 is 2.09 bits per heavy atom. The lowest BCUT2D eigenvalue weighted by atomic mass is 9.94. The van der Waals surface area contributed by atoms with Gasteiger partial charge in [-0.2, -0.15) is 0 Å². The molecule has 0 unspecified atom stereocenters. The monoisotopic (exact) mass is 319 g/mol. The Kier molecular flexibility index (Phi) is 4.07. The van der Waals surface area contributed by atoms with Crippen LogP contribution in [0.1, 0.15) is 36.0 Å². The summed E-state index contributed by atoms with van der Waals surface area (Å²) in [6.07, 6.45) is 4.08. The van der Waals surface area contributed by atoms with E-state index in [-0.39, 0.29) is 29.7 Å². The number of fused-ring (bicyclic) bond motifs is 1. The fourth-order valence-corrected chi connectivity index (χ4v) is 3.65. The number of ether oxygens (including phenoxy) is 2. The molecule has 2 saturated heterocycles. The molecule has 1 aliphatic carbocycles. The first-order valence-corrected chi connectivity index (χ1v) is 8.53. The van der Waals surface area contributed by atoms with Crippen LogP contribution in [0, 0.1) is 11.7 Å². The molecule has 0 aromatic heterocycles. The van der Waals surface area contributed by atoms with Gasteiger partial charge in [0, 0.05) is 19.8 Å². The van der Waals surface area contributed by atoms with Gasteiger partial charge in [0.1, 0.15) is 11.9 Å². The molecule has 1 saturated carbocycles. The van der Waals surface area contributed by atoms with Crippen molar-refractivity contribution in [1.29, 1.82) is 0 Å². The predicted molar refractivity (Wildman–Crippen MR) is 82.7 cm³/mol. The molecule has 0 spiro atoms. The van der Waals surface area contributed by atoms with E-state index in [9.17, 15) is 9.18 Å². The lowest BCUT2D eigenvalue weighted by Crippen LogP contribution is -2.55. The minimum absolute atomic E-state index is 0.0000548. The Hall–Kier alpha value is -1.46. The third kappa shape index (κ3) is 3.00. The quantitative estimate of drug-likeness (QED) is 0.856. The number of nitrogens with zero attached hydrogens (tertiary/aromatic N) is 1. The van der Waals surface area contributed by atoms with Crippen molar-refractivity contribution in [3.05, 3.63) is 35.6 Å². The van der Waals surface area contributed by atoms with Crippen molar-refractivity contribution in [2.45, 2.75) is 43.9 Å². The third-order valence-electron chi connectivity index (χ3n) is 5.13. The molecule has 1 aromatic carbocycles. The summed E-state index contributed by atoms with van der Waals surface area (Å²) in [6, 6.07) is 6.19. The highest BCUT2D eigenvalue weighted by molar-refractivity contribution is 5.94. The maximum atomic E-state index is 13.9. The number of amides is 1. The first-order valence-electron chi connectivity index (χ1n) is 8.53. The standard InChI is InChI=1S/C18H22FNO3/c19-14-4-2-1-3-13(14)18(21)20-9-7-16(23-11-12-5-6-12)17-15(20)8-10-22-17/h1-4,12,15-17H,5-11H2/t15-,16+,17-/m0/s1. The zero-order valence-corrected chi connectivity index (χ0v) is 13.1. The van der Waals surface area contributed by atoms with Gasteiger partial charge in [0.2, 0.25) is 0 Å². The third-order valence-corrected chi connectivity index (χ3v) is 5.13. The van der Waals surface area contributed by atoms with Crippen molar-refractivity contribution in [2.75, 3.05) is 19.8 Å². The van der Waals surface area contributed by atoms with Crippen molar-refractivity contribution >= 4 is 5.91 Å². The van der Waals surface area contributed by atoms with Crippen molar-refractivity contribution in [2.24, 2.45) is 5.92 Å². The Morgan fingerprint density at radius 1 is 1.26 bits per heavy atom. The topological polar surface area (TPSA) is 38.8 Å². The number of rotatable bonds is 4. The molecule has 4 nitrogen and oxygen atoms in total. The molecule has 4 rings (SSSR count). The number of hydrogen-bond acceptors (Lipinski definition) is 3. The number of halogens is 1.